The number of nitrogens with zero attached hydrogens (tertiary/aromatic N) is 2. The molecule has 2 rings (SSSR count). The lowest BCUT2D eigenvalue weighted by Gasteiger charge is -2.04. The Kier molecular flexibility index (Phi) is 2.98. The highest BCUT2D eigenvalue weighted by Gasteiger charge is 2.03. The zero-order valence-electron chi connectivity index (χ0n) is 9.14. The average Bonchev–Trinajstić information content (AvgIpc) is 2.39. The summed E-state index contributed by atoms with van der Waals surface area (Å²) in [6.07, 6.45) is 4.40. The lowest BCUT2D eigenvalue weighted by molar-refractivity contribution is 1.14. The van der Waals surface area contributed by atoms with Crippen molar-refractivity contribution < 1.29 is 0 Å². The van der Waals surface area contributed by atoms with Crippen molar-refractivity contribution in [2.24, 2.45) is 0 Å². The van der Waals surface area contributed by atoms with Gasteiger partial charge in [-0.2, -0.15) is 5.26 Å². The van der Waals surface area contributed by atoms with E-state index in [0.29, 0.717) is 5.56 Å². The summed E-state index contributed by atoms with van der Waals surface area (Å²) in [5, 5.41) is 9.00. The van der Waals surface area contributed by atoms with Crippen LogP contribution in [0.2, 0.25) is 0 Å². The highest BCUT2D eigenvalue weighted by atomic mass is 14.6. The molecule has 0 aliphatic heterocycles. The lowest BCUT2D eigenvalue weighted by Crippen LogP contribution is -1.86. The van der Waals surface area contributed by atoms with Crippen LogP contribution in [-0.2, 0) is 6.42 Å². The minimum absolute atomic E-state index is 0.666. The van der Waals surface area contributed by atoms with E-state index in [1.807, 2.05) is 12.1 Å². The maximum absolute atomic E-state index is 9.00. The third-order valence-electron chi connectivity index (χ3n) is 2.61. The molecule has 0 atom stereocenters. The predicted octanol–water partition coefficient (Wildman–Crippen LogP) is 3.18. The molecule has 1 heterocycles. The van der Waals surface area contributed by atoms with Gasteiger partial charge in [0.1, 0.15) is 0 Å². The SMILES string of the molecule is CCc1ccc(-c2cnccc2C#N)cc1. The summed E-state index contributed by atoms with van der Waals surface area (Å²) in [4.78, 5) is 4.06. The minimum Gasteiger partial charge on any atom is -0.264 e. The van der Waals surface area contributed by atoms with Crippen LogP contribution in [0.4, 0.5) is 0 Å². The first kappa shape index (κ1) is 10.4. The molecule has 0 unspecified atom stereocenters. The Hall–Kier alpha value is -2.14. The number of aromatic nitrogens is 1. The second kappa shape index (κ2) is 4.59. The van der Waals surface area contributed by atoms with Crippen molar-refractivity contribution in [1.29, 1.82) is 5.26 Å². The first-order chi connectivity index (χ1) is 7.85. The minimum atomic E-state index is 0.666. The van der Waals surface area contributed by atoms with E-state index in [-0.39, 0.29) is 0 Å². The molecule has 0 N–H and O–H groups in total. The molecule has 0 spiro atoms. The van der Waals surface area contributed by atoms with Crippen LogP contribution in [0.1, 0.15) is 18.1 Å². The molecule has 16 heavy (non-hydrogen) atoms. The third-order valence-corrected chi connectivity index (χ3v) is 2.61. The van der Waals surface area contributed by atoms with E-state index >= 15 is 0 Å². The van der Waals surface area contributed by atoms with Crippen LogP contribution in [0.25, 0.3) is 11.1 Å². The Balaban J connectivity index is 2.47. The molecule has 0 aliphatic rings. The Morgan fingerprint density at radius 2 is 1.94 bits per heavy atom. The second-order valence-electron chi connectivity index (χ2n) is 3.58. The zero-order chi connectivity index (χ0) is 11.4. The first-order valence-electron chi connectivity index (χ1n) is 5.28. The van der Waals surface area contributed by atoms with E-state index in [2.05, 4.69) is 30.1 Å². The van der Waals surface area contributed by atoms with Crippen molar-refractivity contribution in [1.82, 2.24) is 4.98 Å². The van der Waals surface area contributed by atoms with Crippen LogP contribution in [0.5, 0.6) is 0 Å². The van der Waals surface area contributed by atoms with Gasteiger partial charge in [0, 0.05) is 18.0 Å². The highest BCUT2D eigenvalue weighted by Crippen LogP contribution is 2.22. The van der Waals surface area contributed by atoms with Crippen molar-refractivity contribution >= 4 is 0 Å². The van der Waals surface area contributed by atoms with E-state index in [9.17, 15) is 0 Å². The molecule has 0 fully saturated rings. The van der Waals surface area contributed by atoms with Crippen LogP contribution in [0, 0.1) is 11.3 Å². The van der Waals surface area contributed by atoms with Gasteiger partial charge in [0.05, 0.1) is 11.6 Å². The van der Waals surface area contributed by atoms with Crippen LogP contribution in [0.3, 0.4) is 0 Å². The molecule has 0 saturated carbocycles. The van der Waals surface area contributed by atoms with E-state index in [1.165, 1.54) is 5.56 Å². The monoisotopic (exact) mass is 208 g/mol. The molecule has 0 radical (unpaired) electrons. The maximum atomic E-state index is 9.00. The van der Waals surface area contributed by atoms with Gasteiger partial charge in [0.25, 0.3) is 0 Å². The van der Waals surface area contributed by atoms with E-state index in [0.717, 1.165) is 17.5 Å². The van der Waals surface area contributed by atoms with Gasteiger partial charge in [0.15, 0.2) is 0 Å². The Labute approximate surface area is 95.2 Å². The quantitative estimate of drug-likeness (QED) is 0.760. The van der Waals surface area contributed by atoms with Gasteiger partial charge in [-0.25, -0.2) is 0 Å². The van der Waals surface area contributed by atoms with Crippen molar-refractivity contribution in [2.75, 3.05) is 0 Å². The largest absolute Gasteiger partial charge is 0.264 e. The molecule has 1 aromatic heterocycles. The van der Waals surface area contributed by atoms with Crippen molar-refractivity contribution in [3.05, 3.63) is 53.9 Å². The van der Waals surface area contributed by atoms with Crippen LogP contribution >= 0.6 is 0 Å². The van der Waals surface area contributed by atoms with Gasteiger partial charge in [-0.05, 0) is 23.6 Å². The van der Waals surface area contributed by atoms with Crippen molar-refractivity contribution in [3.8, 4) is 17.2 Å². The predicted molar refractivity (Wildman–Crippen MR) is 63.8 cm³/mol. The Morgan fingerprint density at radius 1 is 1.19 bits per heavy atom. The summed E-state index contributed by atoms with van der Waals surface area (Å²) >= 11 is 0. The normalized spacial score (nSPS) is 9.75. The number of pyridine rings is 1. The molecule has 0 bridgehead atoms. The summed E-state index contributed by atoms with van der Waals surface area (Å²) in [6.45, 7) is 2.12. The van der Waals surface area contributed by atoms with Crippen LogP contribution in [0.15, 0.2) is 42.7 Å². The van der Waals surface area contributed by atoms with Gasteiger partial charge >= 0.3 is 0 Å². The average molecular weight is 208 g/mol. The zero-order valence-corrected chi connectivity index (χ0v) is 9.14. The second-order valence-corrected chi connectivity index (χ2v) is 3.58. The molecule has 2 nitrogen and oxygen atoms in total. The fourth-order valence-corrected chi connectivity index (χ4v) is 1.64. The third kappa shape index (κ3) is 1.94. The van der Waals surface area contributed by atoms with Crippen molar-refractivity contribution in [3.63, 3.8) is 0 Å². The summed E-state index contributed by atoms with van der Waals surface area (Å²) < 4.78 is 0. The van der Waals surface area contributed by atoms with Crippen LogP contribution in [-0.4, -0.2) is 4.98 Å². The smallest absolute Gasteiger partial charge is 0.0999 e. The molecular formula is C14H12N2. The summed E-state index contributed by atoms with van der Waals surface area (Å²) in [5.74, 6) is 0. The number of hydrogen-bond acceptors (Lipinski definition) is 2. The molecule has 2 heteroatoms. The van der Waals surface area contributed by atoms with Gasteiger partial charge in [-0.15, -0.1) is 0 Å². The number of hydrogen-bond donors (Lipinski definition) is 0. The van der Waals surface area contributed by atoms with E-state index in [1.54, 1.807) is 18.5 Å². The van der Waals surface area contributed by atoms with E-state index < -0.39 is 0 Å². The molecular weight excluding hydrogens is 196 g/mol. The van der Waals surface area contributed by atoms with Crippen molar-refractivity contribution in [2.45, 2.75) is 13.3 Å². The first-order valence-corrected chi connectivity index (χ1v) is 5.28. The topological polar surface area (TPSA) is 36.7 Å². The van der Waals surface area contributed by atoms with E-state index in [4.69, 9.17) is 5.26 Å². The Morgan fingerprint density at radius 3 is 2.56 bits per heavy atom. The van der Waals surface area contributed by atoms with Gasteiger partial charge < -0.3 is 0 Å². The fraction of sp³-hybridized carbons (Fsp3) is 0.143. The molecule has 0 amide bonds. The van der Waals surface area contributed by atoms with Gasteiger partial charge in [0.2, 0.25) is 0 Å². The molecule has 2 aromatic rings. The Bertz CT molecular complexity index is 521. The molecule has 0 aliphatic carbocycles. The number of nitriles is 1. The number of benzene rings is 1. The highest BCUT2D eigenvalue weighted by molar-refractivity contribution is 5.69. The fourth-order valence-electron chi connectivity index (χ4n) is 1.64. The molecule has 0 saturated heterocycles. The standard InChI is InChI=1S/C14H12N2/c1-2-11-3-5-12(6-4-11)14-10-16-8-7-13(14)9-15/h3-8,10H,2H2,1H3. The number of aryl methyl sites for hydroxylation is 1. The van der Waals surface area contributed by atoms with Gasteiger partial charge in [-0.3, -0.25) is 4.98 Å². The maximum Gasteiger partial charge on any atom is 0.0999 e. The molecule has 78 valence electrons. The summed E-state index contributed by atoms with van der Waals surface area (Å²) in [7, 11) is 0. The summed E-state index contributed by atoms with van der Waals surface area (Å²) in [5.41, 5.74) is 3.90. The number of rotatable bonds is 2. The lowest BCUT2D eigenvalue weighted by atomic mass is 10.0. The van der Waals surface area contributed by atoms with Crippen LogP contribution < -0.4 is 0 Å². The summed E-state index contributed by atoms with van der Waals surface area (Å²) in [6, 6.07) is 12.2. The molecule has 1 aromatic carbocycles. The van der Waals surface area contributed by atoms with Gasteiger partial charge in [-0.1, -0.05) is 31.2 Å².